The van der Waals surface area contributed by atoms with Gasteiger partial charge in [0.1, 0.15) is 0 Å². The van der Waals surface area contributed by atoms with Crippen LogP contribution < -0.4 is 10.2 Å². The summed E-state index contributed by atoms with van der Waals surface area (Å²) in [7, 11) is 0. The third-order valence-electron chi connectivity index (χ3n) is 0.556. The number of hydrogen-bond acceptors (Lipinski definition) is 3. The molecule has 0 N–H and O–H groups in total. The van der Waals surface area contributed by atoms with Crippen molar-refractivity contribution < 1.29 is 31.3 Å². The van der Waals surface area contributed by atoms with Crippen LogP contribution in [0.25, 0.3) is 0 Å². The smallest absolute Gasteiger partial charge is 0.172 e. The molecule has 0 bridgehead atoms. The van der Waals surface area contributed by atoms with Gasteiger partial charge in [-0.05, 0) is 0 Å². The Bertz CT molecular complexity index is 179. The van der Waals surface area contributed by atoms with E-state index < -0.39 is 11.2 Å². The van der Waals surface area contributed by atoms with Crippen LogP contribution in [0, 0.1) is 0 Å². The Hall–Kier alpha value is -0.346. The predicted octanol–water partition coefficient (Wildman–Crippen LogP) is 1.57. The first-order chi connectivity index (χ1) is 7.50. The Kier molecular flexibility index (Phi) is 15.6. The molecule has 1 aromatic rings. The molecule has 0 spiro atoms. The van der Waals surface area contributed by atoms with Crippen molar-refractivity contribution in [3.8, 4) is 0 Å². The van der Waals surface area contributed by atoms with Crippen molar-refractivity contribution in [2.24, 2.45) is 0 Å². The predicted molar refractivity (Wildman–Crippen MR) is 62.2 cm³/mol. The Morgan fingerprint density at radius 2 is 1.00 bits per heavy atom. The van der Waals surface area contributed by atoms with Crippen LogP contribution in [0.2, 0.25) is 0 Å². The van der Waals surface area contributed by atoms with Crippen molar-refractivity contribution in [1.29, 1.82) is 0 Å². The van der Waals surface area contributed by atoms with Crippen LogP contribution >= 0.6 is 0 Å². The molecule has 0 aliphatic carbocycles. The van der Waals surface area contributed by atoms with E-state index in [1.165, 1.54) is 0 Å². The summed E-state index contributed by atoms with van der Waals surface area (Å²) in [6.07, 6.45) is 0. The Morgan fingerprint density at radius 3 is 1.06 bits per heavy atom. The number of hydrogen-bond donors (Lipinski definition) is 0. The molecule has 99 valence electrons. The van der Waals surface area contributed by atoms with E-state index in [1.54, 1.807) is 41.5 Å². The van der Waals surface area contributed by atoms with E-state index in [-0.39, 0.29) is 0 Å². The largest absolute Gasteiger partial charge is 0.214 e. The van der Waals surface area contributed by atoms with E-state index in [2.05, 4.69) is 0 Å². The van der Waals surface area contributed by atoms with Gasteiger partial charge in [0.2, 0.25) is 0 Å². The van der Waals surface area contributed by atoms with Gasteiger partial charge in [-0.3, -0.25) is 0 Å². The minimum atomic E-state index is -0.750. The zero-order chi connectivity index (χ0) is 14.5. The molecule has 4 heteroatoms. The average Bonchev–Trinajstić information content (AvgIpc) is 2.56. The van der Waals surface area contributed by atoms with Gasteiger partial charge in [-0.25, -0.2) is 12.1 Å². The van der Waals surface area contributed by atoms with Gasteiger partial charge < -0.3 is 10.2 Å². The molecule has 0 heterocycles. The minimum absolute atomic E-state index is 0.750. The summed E-state index contributed by atoms with van der Waals surface area (Å²) in [5, 5.41) is 20.2. The second-order valence-corrected chi connectivity index (χ2v) is 5.19. The van der Waals surface area contributed by atoms with Crippen LogP contribution in [-0.2, 0) is 21.0 Å². The van der Waals surface area contributed by atoms with E-state index in [1.807, 2.05) is 30.3 Å². The number of rotatable bonds is 0. The van der Waals surface area contributed by atoms with E-state index in [0.717, 1.165) is 17.4 Å². The summed E-state index contributed by atoms with van der Waals surface area (Å²) in [4.78, 5) is 0. The second-order valence-electron chi connectivity index (χ2n) is 5.19. The van der Waals surface area contributed by atoms with Gasteiger partial charge >= 0.3 is 21.0 Å². The third-order valence-corrected chi connectivity index (χ3v) is 0.556. The monoisotopic (exact) mass is 278 g/mol. The van der Waals surface area contributed by atoms with E-state index in [4.69, 9.17) is 3.67 Å². The van der Waals surface area contributed by atoms with E-state index in [0.29, 0.717) is 0 Å². The van der Waals surface area contributed by atoms with Crippen molar-refractivity contribution in [3.63, 3.8) is 0 Å². The fraction of sp³-hybridized carbons (Fsp3) is 0.615. The first-order valence-electron chi connectivity index (χ1n) is 5.26. The third kappa shape index (κ3) is 135. The van der Waals surface area contributed by atoms with Crippen molar-refractivity contribution >= 4 is 0 Å². The molecule has 0 aromatic heterocycles. The fourth-order valence-corrected chi connectivity index (χ4v) is 0.321. The Morgan fingerprint density at radius 1 is 0.824 bits per heavy atom. The summed E-state index contributed by atoms with van der Waals surface area (Å²) in [6.45, 7) is 9.79. The molecular formula is C13H23O3V-. The van der Waals surface area contributed by atoms with Crippen molar-refractivity contribution in [2.75, 3.05) is 0 Å². The van der Waals surface area contributed by atoms with Crippen LogP contribution in [0.5, 0.6) is 0 Å². The fourth-order valence-electron chi connectivity index (χ4n) is 0.321. The van der Waals surface area contributed by atoms with Gasteiger partial charge in [0, 0.05) is 0 Å². The molecule has 0 amide bonds. The topological polar surface area (TPSA) is 63.2 Å². The zero-order valence-electron chi connectivity index (χ0n) is 11.6. The molecule has 0 unspecified atom stereocenters. The molecule has 0 saturated carbocycles. The summed E-state index contributed by atoms with van der Waals surface area (Å²) in [6, 6.07) is 10.0. The van der Waals surface area contributed by atoms with Crippen LogP contribution in [0.3, 0.4) is 0 Å². The van der Waals surface area contributed by atoms with Crippen LogP contribution in [-0.4, -0.2) is 11.2 Å². The molecule has 0 radical (unpaired) electrons. The maximum Gasteiger partial charge on any atom is -0.172 e. The van der Waals surface area contributed by atoms with Crippen LogP contribution in [0.4, 0.5) is 0 Å². The standard InChI is InChI=1S/C5H5.2C4H9O.O.V/c1-2-4-5-3-1;2*1-4(2,3)5;;/h1-5H;2*1-3H3;;/q3*-1;;+2. The molecular weight excluding hydrogens is 255 g/mol. The second kappa shape index (κ2) is 12.1. The molecule has 3 nitrogen and oxygen atoms in total. The summed E-state index contributed by atoms with van der Waals surface area (Å²) in [5.41, 5.74) is -1.50. The molecule has 0 aliphatic rings. The first kappa shape index (κ1) is 21.9. The van der Waals surface area contributed by atoms with Gasteiger partial charge in [0.05, 0.1) is 0 Å². The molecule has 0 aliphatic heterocycles. The maximum absolute atomic E-state index is 10.1. The van der Waals surface area contributed by atoms with Crippen molar-refractivity contribution in [1.82, 2.24) is 0 Å². The van der Waals surface area contributed by atoms with Gasteiger partial charge in [-0.2, -0.15) is 18.2 Å². The first-order valence-corrected chi connectivity index (χ1v) is 5.83. The zero-order valence-corrected chi connectivity index (χ0v) is 13.0. The molecule has 17 heavy (non-hydrogen) atoms. The van der Waals surface area contributed by atoms with Crippen molar-refractivity contribution in [3.05, 3.63) is 30.3 Å². The SMILES string of the molecule is CC(C)(C)[O-].CC(C)(C)[O-].[O]=[V+2].c1cc[cH-]c1. The Balaban J connectivity index is -0.000000161. The summed E-state index contributed by atoms with van der Waals surface area (Å²) < 4.78 is 8.19. The van der Waals surface area contributed by atoms with E-state index >= 15 is 0 Å². The summed E-state index contributed by atoms with van der Waals surface area (Å²) in [5.74, 6) is 0. The van der Waals surface area contributed by atoms with Gasteiger partial charge in [0.15, 0.2) is 0 Å². The van der Waals surface area contributed by atoms with Crippen LogP contribution in [0.1, 0.15) is 41.5 Å². The molecule has 0 saturated heterocycles. The average molecular weight is 278 g/mol. The quantitative estimate of drug-likeness (QED) is 0.677. The van der Waals surface area contributed by atoms with Gasteiger partial charge in [0.25, 0.3) is 0 Å². The van der Waals surface area contributed by atoms with Gasteiger partial charge in [-0.1, -0.05) is 41.5 Å². The molecule has 1 rings (SSSR count). The minimum Gasteiger partial charge on any atom is -0.214 e. The Labute approximate surface area is 114 Å². The maximum atomic E-state index is 10.1. The van der Waals surface area contributed by atoms with Crippen molar-refractivity contribution in [2.45, 2.75) is 52.7 Å². The molecule has 0 atom stereocenters. The van der Waals surface area contributed by atoms with Gasteiger partial charge in [-0.15, -0.1) is 11.2 Å². The van der Waals surface area contributed by atoms with E-state index in [9.17, 15) is 10.2 Å². The normalized spacial score (nSPS) is 9.76. The van der Waals surface area contributed by atoms with Crippen LogP contribution in [0.15, 0.2) is 30.3 Å². The summed E-state index contributed by atoms with van der Waals surface area (Å²) >= 11 is 1.06. The molecule has 1 aromatic carbocycles. The molecule has 0 fully saturated rings.